The minimum Gasteiger partial charge on any atom is -0.465 e. The maximum Gasteiger partial charge on any atom is 0.345 e. The van der Waals surface area contributed by atoms with Crippen molar-refractivity contribution in [2.45, 2.75) is 6.92 Å². The number of aromatic nitrogens is 3. The highest BCUT2D eigenvalue weighted by atomic mass is 16.6. The molecule has 3 rings (SSSR count). The molecule has 2 heterocycles. The monoisotopic (exact) mass is 356 g/mol. The number of pyridine rings is 1. The summed E-state index contributed by atoms with van der Waals surface area (Å²) in [7, 11) is 1.14. The zero-order valence-corrected chi connectivity index (χ0v) is 13.7. The topological polar surface area (TPSA) is 130 Å². The van der Waals surface area contributed by atoms with E-state index in [0.29, 0.717) is 23.2 Å². The van der Waals surface area contributed by atoms with Gasteiger partial charge in [0.2, 0.25) is 11.7 Å². The van der Waals surface area contributed by atoms with Gasteiger partial charge in [-0.2, -0.15) is 4.98 Å². The number of rotatable bonds is 5. The Morgan fingerprint density at radius 3 is 2.58 bits per heavy atom. The Morgan fingerprint density at radius 2 is 2.00 bits per heavy atom. The second-order valence-corrected chi connectivity index (χ2v) is 5.05. The SMILES string of the molecule is COC(=O)c1cc(Oc2ccc(-c3noc(C)n3)nc2)ccc1[N+](=O)[O-]. The zero-order chi connectivity index (χ0) is 18.7. The largest absolute Gasteiger partial charge is 0.465 e. The molecule has 0 atom stereocenters. The predicted octanol–water partition coefficient (Wildman–Crippen LogP) is 2.93. The summed E-state index contributed by atoms with van der Waals surface area (Å²) in [5.41, 5.74) is -0.0832. The number of esters is 1. The molecular weight excluding hydrogens is 344 g/mol. The molecule has 0 amide bonds. The van der Waals surface area contributed by atoms with E-state index in [-0.39, 0.29) is 17.0 Å². The highest BCUT2D eigenvalue weighted by Gasteiger charge is 2.22. The molecule has 0 aliphatic rings. The van der Waals surface area contributed by atoms with Crippen LogP contribution < -0.4 is 4.74 Å². The lowest BCUT2D eigenvalue weighted by atomic mass is 10.1. The maximum absolute atomic E-state index is 11.7. The van der Waals surface area contributed by atoms with Crippen LogP contribution in [0.2, 0.25) is 0 Å². The van der Waals surface area contributed by atoms with Crippen LogP contribution in [0.3, 0.4) is 0 Å². The third-order valence-electron chi connectivity index (χ3n) is 3.30. The van der Waals surface area contributed by atoms with Gasteiger partial charge in [0.25, 0.3) is 5.69 Å². The Bertz CT molecular complexity index is 967. The van der Waals surface area contributed by atoms with Gasteiger partial charge in [-0.15, -0.1) is 0 Å². The molecule has 26 heavy (non-hydrogen) atoms. The average Bonchev–Trinajstić information content (AvgIpc) is 3.07. The van der Waals surface area contributed by atoms with Crippen molar-refractivity contribution < 1.29 is 23.7 Å². The van der Waals surface area contributed by atoms with Crippen LogP contribution in [0.15, 0.2) is 41.1 Å². The molecule has 10 heteroatoms. The van der Waals surface area contributed by atoms with Crippen molar-refractivity contribution in [1.82, 2.24) is 15.1 Å². The minimum atomic E-state index is -0.830. The van der Waals surface area contributed by atoms with E-state index < -0.39 is 10.9 Å². The van der Waals surface area contributed by atoms with Crippen molar-refractivity contribution in [3.8, 4) is 23.0 Å². The Balaban J connectivity index is 1.84. The number of carbonyl (C=O) groups excluding carboxylic acids is 1. The molecule has 0 unspecified atom stereocenters. The Hall–Kier alpha value is -3.82. The van der Waals surface area contributed by atoms with Crippen molar-refractivity contribution in [2.24, 2.45) is 0 Å². The van der Waals surface area contributed by atoms with Crippen LogP contribution in [0, 0.1) is 17.0 Å². The van der Waals surface area contributed by atoms with Crippen LogP contribution in [0.25, 0.3) is 11.5 Å². The number of benzene rings is 1. The summed E-state index contributed by atoms with van der Waals surface area (Å²) in [4.78, 5) is 30.3. The molecule has 0 aliphatic heterocycles. The van der Waals surface area contributed by atoms with Gasteiger partial charge in [0.05, 0.1) is 18.2 Å². The van der Waals surface area contributed by atoms with Gasteiger partial charge in [0, 0.05) is 19.1 Å². The summed E-state index contributed by atoms with van der Waals surface area (Å²) >= 11 is 0. The number of hydrogen-bond acceptors (Lipinski definition) is 9. The van der Waals surface area contributed by atoms with Crippen molar-refractivity contribution >= 4 is 11.7 Å². The van der Waals surface area contributed by atoms with Gasteiger partial charge in [-0.05, 0) is 18.2 Å². The Morgan fingerprint density at radius 1 is 1.23 bits per heavy atom. The number of nitro benzene ring substituents is 1. The predicted molar refractivity (Wildman–Crippen MR) is 86.8 cm³/mol. The van der Waals surface area contributed by atoms with Crippen LogP contribution in [-0.2, 0) is 4.74 Å². The summed E-state index contributed by atoms with van der Waals surface area (Å²) in [5.74, 6) is 0.517. The fourth-order valence-corrected chi connectivity index (χ4v) is 2.12. The first-order valence-corrected chi connectivity index (χ1v) is 7.29. The summed E-state index contributed by atoms with van der Waals surface area (Å²) < 4.78 is 15.0. The third-order valence-corrected chi connectivity index (χ3v) is 3.30. The lowest BCUT2D eigenvalue weighted by Crippen LogP contribution is -2.05. The summed E-state index contributed by atoms with van der Waals surface area (Å²) in [5, 5.41) is 14.8. The summed E-state index contributed by atoms with van der Waals surface area (Å²) in [6, 6.07) is 7.03. The number of nitro groups is 1. The van der Waals surface area contributed by atoms with Crippen LogP contribution in [0.1, 0.15) is 16.2 Å². The van der Waals surface area contributed by atoms with Gasteiger partial charge in [0.1, 0.15) is 22.8 Å². The Labute approximate surface area is 146 Å². The van der Waals surface area contributed by atoms with Crippen LogP contribution in [0.5, 0.6) is 11.5 Å². The van der Waals surface area contributed by atoms with Crippen LogP contribution >= 0.6 is 0 Å². The molecule has 0 aliphatic carbocycles. The number of nitrogens with zero attached hydrogens (tertiary/aromatic N) is 4. The standard InChI is InChI=1S/C16H12N4O6/c1-9-18-15(19-26-9)13-5-3-11(8-17-13)25-10-4-6-14(20(22)23)12(7-10)16(21)24-2/h3-8H,1-2H3. The van der Waals surface area contributed by atoms with Gasteiger partial charge in [0.15, 0.2) is 0 Å². The second-order valence-electron chi connectivity index (χ2n) is 5.05. The molecule has 0 saturated carbocycles. The van der Waals surface area contributed by atoms with Gasteiger partial charge < -0.3 is 14.0 Å². The highest BCUT2D eigenvalue weighted by molar-refractivity contribution is 5.94. The molecule has 132 valence electrons. The van der Waals surface area contributed by atoms with E-state index in [1.165, 1.54) is 24.4 Å². The van der Waals surface area contributed by atoms with Crippen LogP contribution in [0.4, 0.5) is 5.69 Å². The molecule has 1 aromatic carbocycles. The Kier molecular flexibility index (Phi) is 4.56. The number of methoxy groups -OCH3 is 1. The van der Waals surface area contributed by atoms with Crippen molar-refractivity contribution in [3.63, 3.8) is 0 Å². The fraction of sp³-hybridized carbons (Fsp3) is 0.125. The normalized spacial score (nSPS) is 10.4. The first-order valence-electron chi connectivity index (χ1n) is 7.29. The molecule has 0 bridgehead atoms. The first kappa shape index (κ1) is 17.0. The zero-order valence-electron chi connectivity index (χ0n) is 13.7. The average molecular weight is 356 g/mol. The number of ether oxygens (including phenoxy) is 2. The highest BCUT2D eigenvalue weighted by Crippen LogP contribution is 2.28. The molecule has 10 nitrogen and oxygen atoms in total. The molecule has 3 aromatic rings. The van der Waals surface area contributed by atoms with Gasteiger partial charge in [-0.1, -0.05) is 5.16 Å². The summed E-state index contributed by atoms with van der Waals surface area (Å²) in [6.07, 6.45) is 1.43. The van der Waals surface area contributed by atoms with E-state index in [1.807, 2.05) is 0 Å². The van der Waals surface area contributed by atoms with E-state index >= 15 is 0 Å². The molecule has 0 N–H and O–H groups in total. The van der Waals surface area contributed by atoms with E-state index in [4.69, 9.17) is 9.26 Å². The molecule has 0 radical (unpaired) electrons. The minimum absolute atomic E-state index is 0.207. The number of aryl methyl sites for hydroxylation is 1. The smallest absolute Gasteiger partial charge is 0.345 e. The summed E-state index contributed by atoms with van der Waals surface area (Å²) in [6.45, 7) is 1.67. The van der Waals surface area contributed by atoms with Crippen molar-refractivity contribution in [1.29, 1.82) is 0 Å². The van der Waals surface area contributed by atoms with Gasteiger partial charge in [-0.3, -0.25) is 10.1 Å². The lowest BCUT2D eigenvalue weighted by molar-refractivity contribution is -0.385. The molecular formula is C16H12N4O6. The van der Waals surface area contributed by atoms with Crippen molar-refractivity contribution in [3.05, 3.63) is 58.1 Å². The molecule has 0 fully saturated rings. The molecule has 0 saturated heterocycles. The van der Waals surface area contributed by atoms with Crippen LogP contribution in [-0.4, -0.2) is 33.1 Å². The number of hydrogen-bond donors (Lipinski definition) is 0. The van der Waals surface area contributed by atoms with E-state index in [0.717, 1.165) is 7.11 Å². The van der Waals surface area contributed by atoms with E-state index in [9.17, 15) is 14.9 Å². The second kappa shape index (κ2) is 6.97. The van der Waals surface area contributed by atoms with Crippen molar-refractivity contribution in [2.75, 3.05) is 7.11 Å². The fourth-order valence-electron chi connectivity index (χ4n) is 2.12. The molecule has 0 spiro atoms. The quantitative estimate of drug-likeness (QED) is 0.384. The third kappa shape index (κ3) is 3.48. The van der Waals surface area contributed by atoms with E-state index in [1.54, 1.807) is 19.1 Å². The number of carbonyl (C=O) groups is 1. The first-order chi connectivity index (χ1) is 12.5. The lowest BCUT2D eigenvalue weighted by Gasteiger charge is -2.07. The van der Waals surface area contributed by atoms with Gasteiger partial charge in [-0.25, -0.2) is 9.78 Å². The maximum atomic E-state index is 11.7. The molecule has 2 aromatic heterocycles. The van der Waals surface area contributed by atoms with Gasteiger partial charge >= 0.3 is 5.97 Å². The van der Waals surface area contributed by atoms with E-state index in [2.05, 4.69) is 19.9 Å².